The van der Waals surface area contributed by atoms with Gasteiger partial charge in [0.2, 0.25) is 11.8 Å². The van der Waals surface area contributed by atoms with Crippen LogP contribution in [0.25, 0.3) is 10.8 Å². The van der Waals surface area contributed by atoms with E-state index in [2.05, 4.69) is 14.9 Å². The van der Waals surface area contributed by atoms with E-state index < -0.39 is 30.1 Å². The number of β-amino-alcohol motifs (C(OH)–C–C–N with tert-alkyl or cyclic N) is 1. The van der Waals surface area contributed by atoms with Crippen LogP contribution in [0.1, 0.15) is 56.1 Å². The van der Waals surface area contributed by atoms with Crippen LogP contribution in [-0.4, -0.2) is 74.0 Å². The predicted molar refractivity (Wildman–Crippen MR) is 211 cm³/mol. The first-order valence-corrected chi connectivity index (χ1v) is 19.3. The number of fused-ring (bicyclic) bond motifs is 2. The number of pyridine rings is 1. The molecule has 2 aliphatic rings. The zero-order valence-electron chi connectivity index (χ0n) is 29.9. The number of carbonyl (C=O) groups is 3. The minimum absolute atomic E-state index is 0.00650. The van der Waals surface area contributed by atoms with Gasteiger partial charge in [-0.05, 0) is 39.6 Å². The SMILES string of the molecule is CN(C(=O)C(Cc1ccc2ccccc2c1)NC(=O)C1CC(O)CN1C(=O)c1ccn2c1CSC2c1cccnc1)C(c1ccccc1)c1ccccc1. The fourth-order valence-corrected chi connectivity index (χ4v) is 9.17. The number of likely N-dealkylation sites (tertiary alicyclic amines) is 1. The molecule has 0 saturated carbocycles. The molecular formula is C44H41N5O4S. The van der Waals surface area contributed by atoms with Crippen LogP contribution >= 0.6 is 11.8 Å². The number of carbonyl (C=O) groups excluding carboxylic acids is 3. The lowest BCUT2D eigenvalue weighted by atomic mass is 9.95. The van der Waals surface area contributed by atoms with Crippen molar-refractivity contribution in [3.05, 3.63) is 173 Å². The van der Waals surface area contributed by atoms with Gasteiger partial charge in [0.25, 0.3) is 5.91 Å². The molecule has 2 N–H and O–H groups in total. The van der Waals surface area contributed by atoms with E-state index in [1.807, 2.05) is 128 Å². The Hall–Kier alpha value is -5.71. The van der Waals surface area contributed by atoms with Gasteiger partial charge in [-0.2, -0.15) is 0 Å². The molecule has 2 aliphatic heterocycles. The maximum absolute atomic E-state index is 14.8. The molecule has 0 radical (unpaired) electrons. The van der Waals surface area contributed by atoms with Crippen LogP contribution in [0.2, 0.25) is 0 Å². The van der Waals surface area contributed by atoms with Gasteiger partial charge in [-0.15, -0.1) is 11.8 Å². The summed E-state index contributed by atoms with van der Waals surface area (Å²) in [5.41, 5.74) is 5.20. The molecule has 0 spiro atoms. The highest BCUT2D eigenvalue weighted by molar-refractivity contribution is 7.99. The predicted octanol–water partition coefficient (Wildman–Crippen LogP) is 6.38. The highest BCUT2D eigenvalue weighted by atomic mass is 32.2. The maximum Gasteiger partial charge on any atom is 0.256 e. The molecule has 6 aromatic rings. The molecule has 1 saturated heterocycles. The number of amides is 3. The summed E-state index contributed by atoms with van der Waals surface area (Å²) in [6, 6.07) is 37.2. The standard InChI is InChI=1S/C44H41N5O4S/c1-47(40(31-12-4-2-5-13-31)32-14-6-3-7-15-32)43(53)37(24-29-18-19-30-11-8-9-16-33(30)23-29)46-41(51)38-25-35(50)27-49(38)42(52)36-20-22-48-39(36)28-54-44(48)34-17-10-21-45-26-34/h2-23,26,35,37-38,40,44,50H,24-25,27-28H2,1H3,(H,46,51). The van der Waals surface area contributed by atoms with Crippen molar-refractivity contribution >= 4 is 40.3 Å². The second-order valence-electron chi connectivity index (χ2n) is 14.0. The Morgan fingerprint density at radius 1 is 0.889 bits per heavy atom. The summed E-state index contributed by atoms with van der Waals surface area (Å²) < 4.78 is 2.08. The number of likely N-dealkylation sites (N-methyl/N-ethyl adjacent to an activating group) is 1. The Kier molecular flexibility index (Phi) is 10.0. The molecule has 8 rings (SSSR count). The van der Waals surface area contributed by atoms with E-state index in [0.717, 1.165) is 38.7 Å². The Balaban J connectivity index is 1.08. The number of hydrogen-bond acceptors (Lipinski definition) is 6. The second-order valence-corrected chi connectivity index (χ2v) is 15.1. The summed E-state index contributed by atoms with van der Waals surface area (Å²) in [6.07, 6.45) is 4.91. The number of hydrogen-bond donors (Lipinski definition) is 2. The lowest BCUT2D eigenvalue weighted by Gasteiger charge is -2.33. The van der Waals surface area contributed by atoms with Crippen molar-refractivity contribution in [1.29, 1.82) is 0 Å². The molecule has 4 heterocycles. The van der Waals surface area contributed by atoms with Gasteiger partial charge in [-0.25, -0.2) is 0 Å². The fourth-order valence-electron chi connectivity index (χ4n) is 7.86. The summed E-state index contributed by atoms with van der Waals surface area (Å²) in [5.74, 6) is -0.425. The molecule has 272 valence electrons. The second kappa shape index (κ2) is 15.3. The molecule has 3 amide bonds. The van der Waals surface area contributed by atoms with Crippen LogP contribution in [0.3, 0.4) is 0 Å². The van der Waals surface area contributed by atoms with Gasteiger partial charge in [0.15, 0.2) is 0 Å². The smallest absolute Gasteiger partial charge is 0.256 e. The lowest BCUT2D eigenvalue weighted by Crippen LogP contribution is -2.54. The largest absolute Gasteiger partial charge is 0.391 e. The number of thioether (sulfide) groups is 1. The zero-order chi connectivity index (χ0) is 37.2. The van der Waals surface area contributed by atoms with Crippen molar-refractivity contribution in [2.24, 2.45) is 0 Å². The molecule has 1 fully saturated rings. The monoisotopic (exact) mass is 735 g/mol. The Morgan fingerprint density at radius 3 is 2.30 bits per heavy atom. The average Bonchev–Trinajstić information content (AvgIpc) is 3.94. The first-order valence-electron chi connectivity index (χ1n) is 18.2. The van der Waals surface area contributed by atoms with E-state index in [-0.39, 0.29) is 36.6 Å². The summed E-state index contributed by atoms with van der Waals surface area (Å²) in [4.78, 5) is 50.8. The van der Waals surface area contributed by atoms with E-state index in [4.69, 9.17) is 0 Å². The Morgan fingerprint density at radius 2 is 1.59 bits per heavy atom. The van der Waals surface area contributed by atoms with Gasteiger partial charge < -0.3 is 24.8 Å². The van der Waals surface area contributed by atoms with Gasteiger partial charge in [0.05, 0.1) is 17.7 Å². The molecule has 0 bridgehead atoms. The third kappa shape index (κ3) is 7.02. The summed E-state index contributed by atoms with van der Waals surface area (Å²) in [6.45, 7) is 0.0218. The zero-order valence-corrected chi connectivity index (χ0v) is 30.7. The number of aliphatic hydroxyl groups is 1. The van der Waals surface area contributed by atoms with Crippen molar-refractivity contribution in [1.82, 2.24) is 24.7 Å². The minimum Gasteiger partial charge on any atom is -0.391 e. The van der Waals surface area contributed by atoms with E-state index in [1.54, 1.807) is 36.0 Å². The number of nitrogens with zero attached hydrogens (tertiary/aromatic N) is 4. The Labute approximate surface area is 318 Å². The molecule has 9 nitrogen and oxygen atoms in total. The first-order chi connectivity index (χ1) is 26.4. The van der Waals surface area contributed by atoms with Crippen LogP contribution in [-0.2, 0) is 21.8 Å². The average molecular weight is 736 g/mol. The third-order valence-corrected chi connectivity index (χ3v) is 11.8. The first kappa shape index (κ1) is 35.3. The van der Waals surface area contributed by atoms with Gasteiger partial charge in [0.1, 0.15) is 17.5 Å². The van der Waals surface area contributed by atoms with Gasteiger partial charge in [0, 0.05) is 62.0 Å². The van der Waals surface area contributed by atoms with Crippen molar-refractivity contribution in [3.8, 4) is 0 Å². The lowest BCUT2D eigenvalue weighted by molar-refractivity contribution is -0.137. The van der Waals surface area contributed by atoms with Gasteiger partial charge in [-0.3, -0.25) is 19.4 Å². The molecular weight excluding hydrogens is 695 g/mol. The van der Waals surface area contributed by atoms with Crippen LogP contribution in [0.15, 0.2) is 140 Å². The van der Waals surface area contributed by atoms with E-state index >= 15 is 0 Å². The molecule has 4 unspecified atom stereocenters. The summed E-state index contributed by atoms with van der Waals surface area (Å²) >= 11 is 1.71. The molecule has 2 aromatic heterocycles. The maximum atomic E-state index is 14.8. The van der Waals surface area contributed by atoms with Crippen LogP contribution in [0, 0.1) is 0 Å². The molecule has 10 heteroatoms. The highest BCUT2D eigenvalue weighted by Gasteiger charge is 2.42. The number of aliphatic hydroxyl groups excluding tert-OH is 1. The van der Waals surface area contributed by atoms with Crippen molar-refractivity contribution in [2.75, 3.05) is 13.6 Å². The molecule has 4 aromatic carbocycles. The third-order valence-electron chi connectivity index (χ3n) is 10.5. The molecule has 0 aliphatic carbocycles. The highest BCUT2D eigenvalue weighted by Crippen LogP contribution is 2.42. The van der Waals surface area contributed by atoms with Gasteiger partial charge >= 0.3 is 0 Å². The van der Waals surface area contributed by atoms with Crippen molar-refractivity contribution < 1.29 is 19.5 Å². The number of nitrogens with one attached hydrogen (secondary N) is 1. The summed E-state index contributed by atoms with van der Waals surface area (Å²) in [7, 11) is 1.77. The topological polar surface area (TPSA) is 108 Å². The van der Waals surface area contributed by atoms with Crippen molar-refractivity contribution in [3.63, 3.8) is 0 Å². The number of aromatic nitrogens is 2. The van der Waals surface area contributed by atoms with E-state index in [0.29, 0.717) is 11.3 Å². The normalized spacial score (nSPS) is 18.4. The van der Waals surface area contributed by atoms with E-state index in [1.165, 1.54) is 4.90 Å². The van der Waals surface area contributed by atoms with Gasteiger partial charge in [-0.1, -0.05) is 109 Å². The number of benzene rings is 4. The number of rotatable bonds is 10. The summed E-state index contributed by atoms with van der Waals surface area (Å²) in [5, 5.41) is 16.1. The minimum atomic E-state index is -0.956. The molecule has 54 heavy (non-hydrogen) atoms. The van der Waals surface area contributed by atoms with Crippen molar-refractivity contribution in [2.45, 2.75) is 48.2 Å². The fraction of sp³-hybridized carbons (Fsp3) is 0.227. The quantitative estimate of drug-likeness (QED) is 0.169. The molecule has 4 atom stereocenters. The van der Waals surface area contributed by atoms with E-state index in [9.17, 15) is 19.5 Å². The van der Waals surface area contributed by atoms with Crippen LogP contribution in [0.4, 0.5) is 0 Å². The van der Waals surface area contributed by atoms with Crippen LogP contribution < -0.4 is 5.32 Å². The Bertz CT molecular complexity index is 2240. The van der Waals surface area contributed by atoms with Crippen LogP contribution in [0.5, 0.6) is 0 Å².